The van der Waals surface area contributed by atoms with E-state index in [9.17, 15) is 9.00 Å². The third kappa shape index (κ3) is 2.17. The predicted molar refractivity (Wildman–Crippen MR) is 48.7 cm³/mol. The van der Waals surface area contributed by atoms with Gasteiger partial charge in [-0.2, -0.15) is 0 Å². The van der Waals surface area contributed by atoms with E-state index in [0.29, 0.717) is 0 Å². The monoisotopic (exact) mass is 187 g/mol. The van der Waals surface area contributed by atoms with Gasteiger partial charge in [-0.15, -0.1) is 0 Å². The summed E-state index contributed by atoms with van der Waals surface area (Å²) in [7, 11) is -1.12. The van der Waals surface area contributed by atoms with Gasteiger partial charge in [-0.1, -0.05) is 20.8 Å². The van der Waals surface area contributed by atoms with Crippen molar-refractivity contribution in [3.8, 4) is 0 Å². The van der Waals surface area contributed by atoms with Crippen molar-refractivity contribution in [2.24, 2.45) is 5.41 Å². The maximum atomic E-state index is 11.1. The molecule has 0 aromatic rings. The van der Waals surface area contributed by atoms with Gasteiger partial charge in [-0.25, -0.2) is 0 Å². The van der Waals surface area contributed by atoms with E-state index in [1.807, 2.05) is 20.8 Å². The largest absolute Gasteiger partial charge is 0.328 e. The SMILES string of the molecule is CC(C)(C)C1=CS(=O)CC(=O)N1. The molecule has 1 heterocycles. The molecule has 1 rings (SSSR count). The van der Waals surface area contributed by atoms with Crippen molar-refractivity contribution in [1.82, 2.24) is 5.32 Å². The zero-order valence-electron chi connectivity index (χ0n) is 7.51. The van der Waals surface area contributed by atoms with Gasteiger partial charge >= 0.3 is 0 Å². The predicted octanol–water partition coefficient (Wildman–Crippen LogP) is 0.752. The van der Waals surface area contributed by atoms with Crippen molar-refractivity contribution >= 4 is 16.7 Å². The lowest BCUT2D eigenvalue weighted by atomic mass is 9.93. The third-order valence-corrected chi connectivity index (χ3v) is 2.65. The van der Waals surface area contributed by atoms with Crippen LogP contribution >= 0.6 is 0 Å². The summed E-state index contributed by atoms with van der Waals surface area (Å²) in [6.45, 7) is 5.92. The van der Waals surface area contributed by atoms with Crippen LogP contribution in [-0.4, -0.2) is 15.9 Å². The molecule has 0 saturated carbocycles. The van der Waals surface area contributed by atoms with Gasteiger partial charge in [0, 0.05) is 16.5 Å². The Bertz CT molecular complexity index is 263. The van der Waals surface area contributed by atoms with Crippen LogP contribution in [0.25, 0.3) is 0 Å². The average Bonchev–Trinajstić information content (AvgIpc) is 1.82. The van der Waals surface area contributed by atoms with Crippen LogP contribution in [0, 0.1) is 5.41 Å². The normalized spacial score (nSPS) is 24.8. The molecule has 1 aliphatic heterocycles. The Labute approximate surface area is 74.7 Å². The molecule has 0 aliphatic carbocycles. The van der Waals surface area contributed by atoms with Crippen molar-refractivity contribution in [3.63, 3.8) is 0 Å². The van der Waals surface area contributed by atoms with Gasteiger partial charge in [0.15, 0.2) is 0 Å². The Hall–Kier alpha value is -0.640. The quantitative estimate of drug-likeness (QED) is 0.608. The van der Waals surface area contributed by atoms with E-state index < -0.39 is 10.8 Å². The zero-order valence-corrected chi connectivity index (χ0v) is 8.33. The lowest BCUT2D eigenvalue weighted by Crippen LogP contribution is -2.36. The molecule has 0 spiro atoms. The van der Waals surface area contributed by atoms with Gasteiger partial charge < -0.3 is 5.32 Å². The zero-order chi connectivity index (χ0) is 9.35. The fraction of sp³-hybridized carbons (Fsp3) is 0.625. The molecule has 1 N–H and O–H groups in total. The van der Waals surface area contributed by atoms with Crippen LogP contribution < -0.4 is 5.32 Å². The summed E-state index contributed by atoms with van der Waals surface area (Å²) in [6.07, 6.45) is 0. The first-order chi connectivity index (χ1) is 5.39. The van der Waals surface area contributed by atoms with Gasteiger partial charge in [0.1, 0.15) is 5.75 Å². The second-order valence-corrected chi connectivity index (χ2v) is 5.14. The second kappa shape index (κ2) is 3.01. The molecule has 1 unspecified atom stereocenters. The number of hydrogen-bond acceptors (Lipinski definition) is 2. The highest BCUT2D eigenvalue weighted by molar-refractivity contribution is 7.88. The molecule has 0 fully saturated rings. The summed E-state index contributed by atoms with van der Waals surface area (Å²) in [6, 6.07) is 0. The molecular formula is C8H13NO2S. The number of carbonyl (C=O) groups excluding carboxylic acids is 1. The molecule has 0 aromatic heterocycles. The van der Waals surface area contributed by atoms with E-state index in [1.54, 1.807) is 5.41 Å². The van der Waals surface area contributed by atoms with Crippen molar-refractivity contribution in [2.45, 2.75) is 20.8 Å². The minimum atomic E-state index is -1.12. The number of nitrogens with one attached hydrogen (secondary N) is 1. The number of allylic oxidation sites excluding steroid dienone is 1. The van der Waals surface area contributed by atoms with Crippen LogP contribution in [0.2, 0.25) is 0 Å². The van der Waals surface area contributed by atoms with Crippen LogP contribution in [0.4, 0.5) is 0 Å². The molecule has 0 saturated heterocycles. The Morgan fingerprint density at radius 2 is 2.08 bits per heavy atom. The summed E-state index contributed by atoms with van der Waals surface area (Å²) in [5, 5.41) is 4.34. The number of hydrogen-bond donors (Lipinski definition) is 1. The van der Waals surface area contributed by atoms with E-state index in [0.717, 1.165) is 5.70 Å². The lowest BCUT2D eigenvalue weighted by molar-refractivity contribution is -0.118. The molecule has 3 nitrogen and oxygen atoms in total. The van der Waals surface area contributed by atoms with E-state index in [1.165, 1.54) is 0 Å². The first-order valence-corrected chi connectivity index (χ1v) is 5.17. The first kappa shape index (κ1) is 9.45. The van der Waals surface area contributed by atoms with E-state index in [4.69, 9.17) is 0 Å². The molecule has 1 amide bonds. The first-order valence-electron chi connectivity index (χ1n) is 3.79. The van der Waals surface area contributed by atoms with Crippen LogP contribution in [0.15, 0.2) is 11.1 Å². The molecule has 68 valence electrons. The highest BCUT2D eigenvalue weighted by Crippen LogP contribution is 2.24. The van der Waals surface area contributed by atoms with Crippen molar-refractivity contribution < 1.29 is 9.00 Å². The summed E-state index contributed by atoms with van der Waals surface area (Å²) < 4.78 is 11.1. The number of carbonyl (C=O) groups is 1. The van der Waals surface area contributed by atoms with Gasteiger partial charge in [0.2, 0.25) is 5.91 Å². The third-order valence-electron chi connectivity index (χ3n) is 1.60. The highest BCUT2D eigenvalue weighted by Gasteiger charge is 2.24. The molecule has 0 bridgehead atoms. The maximum absolute atomic E-state index is 11.1. The molecule has 12 heavy (non-hydrogen) atoms. The average molecular weight is 187 g/mol. The summed E-state index contributed by atoms with van der Waals surface area (Å²) >= 11 is 0. The molecule has 1 atom stereocenters. The van der Waals surface area contributed by atoms with E-state index >= 15 is 0 Å². The molecular weight excluding hydrogens is 174 g/mol. The minimum Gasteiger partial charge on any atom is -0.328 e. The Balaban J connectivity index is 2.92. The van der Waals surface area contributed by atoms with Crippen LogP contribution in [0.5, 0.6) is 0 Å². The van der Waals surface area contributed by atoms with Crippen LogP contribution in [0.3, 0.4) is 0 Å². The Morgan fingerprint density at radius 3 is 2.50 bits per heavy atom. The van der Waals surface area contributed by atoms with Gasteiger partial charge in [0.05, 0.1) is 10.8 Å². The minimum absolute atomic E-state index is 0.0968. The van der Waals surface area contributed by atoms with Crippen molar-refractivity contribution in [1.29, 1.82) is 0 Å². The van der Waals surface area contributed by atoms with Gasteiger partial charge in [-0.3, -0.25) is 9.00 Å². The van der Waals surface area contributed by atoms with E-state index in [-0.39, 0.29) is 17.1 Å². The second-order valence-electron chi connectivity index (χ2n) is 3.85. The van der Waals surface area contributed by atoms with Crippen molar-refractivity contribution in [2.75, 3.05) is 5.75 Å². The topological polar surface area (TPSA) is 46.2 Å². The Kier molecular flexibility index (Phi) is 2.37. The highest BCUT2D eigenvalue weighted by atomic mass is 32.2. The fourth-order valence-corrected chi connectivity index (χ4v) is 1.97. The van der Waals surface area contributed by atoms with Crippen LogP contribution in [0.1, 0.15) is 20.8 Å². The number of rotatable bonds is 0. The summed E-state index contributed by atoms with van der Waals surface area (Å²) in [4.78, 5) is 11.0. The van der Waals surface area contributed by atoms with Crippen LogP contribution in [-0.2, 0) is 15.6 Å². The lowest BCUT2D eigenvalue weighted by Gasteiger charge is -2.25. The van der Waals surface area contributed by atoms with Gasteiger partial charge in [-0.05, 0) is 0 Å². The van der Waals surface area contributed by atoms with Crippen molar-refractivity contribution in [3.05, 3.63) is 11.1 Å². The molecule has 4 heteroatoms. The standard InChI is InChI=1S/C8H13NO2S/c1-8(2,3)6-4-12(11)5-7(10)9-6/h4H,5H2,1-3H3,(H,9,10). The molecule has 1 aliphatic rings. The summed E-state index contributed by atoms with van der Waals surface area (Å²) in [5.74, 6) is -0.0553. The van der Waals surface area contributed by atoms with Gasteiger partial charge in [0.25, 0.3) is 0 Å². The Morgan fingerprint density at radius 1 is 1.50 bits per heavy atom. The molecule has 0 aromatic carbocycles. The molecule has 0 radical (unpaired) electrons. The fourth-order valence-electron chi connectivity index (χ4n) is 0.882. The smallest absolute Gasteiger partial charge is 0.237 e. The number of amides is 1. The summed E-state index contributed by atoms with van der Waals surface area (Å²) in [5.41, 5.74) is 0.628. The maximum Gasteiger partial charge on any atom is 0.237 e. The van der Waals surface area contributed by atoms with E-state index in [2.05, 4.69) is 5.32 Å².